The molecule has 4 nitrogen and oxygen atoms in total. The van der Waals surface area contributed by atoms with Gasteiger partial charge in [-0.2, -0.15) is 22.5 Å². The van der Waals surface area contributed by atoms with Gasteiger partial charge in [0.25, 0.3) is 11.0 Å². The highest BCUT2D eigenvalue weighted by atomic mass is 32.1. The topological polar surface area (TPSA) is 55.2 Å². The van der Waals surface area contributed by atoms with Crippen molar-refractivity contribution in [2.75, 3.05) is 0 Å². The summed E-state index contributed by atoms with van der Waals surface area (Å²) in [5.74, 6) is -0.922. The second-order valence-corrected chi connectivity index (χ2v) is 3.69. The predicted molar refractivity (Wildman–Crippen MR) is 53.1 cm³/mol. The zero-order valence-corrected chi connectivity index (χ0v) is 8.92. The zero-order valence-electron chi connectivity index (χ0n) is 8.10. The maximum atomic E-state index is 12.2. The van der Waals surface area contributed by atoms with Crippen LogP contribution in [0.1, 0.15) is 5.82 Å². The van der Waals surface area contributed by atoms with Crippen LogP contribution in [0.4, 0.5) is 13.2 Å². The van der Waals surface area contributed by atoms with E-state index in [-0.39, 0.29) is 16.7 Å². The van der Waals surface area contributed by atoms with Gasteiger partial charge in [0.1, 0.15) is 11.5 Å². The number of ether oxygens (including phenoxy) is 1. The van der Waals surface area contributed by atoms with Crippen LogP contribution < -0.4 is 4.74 Å². The van der Waals surface area contributed by atoms with Gasteiger partial charge in [0, 0.05) is 11.5 Å². The second kappa shape index (κ2) is 4.21. The van der Waals surface area contributed by atoms with Crippen molar-refractivity contribution in [3.63, 3.8) is 0 Å². The van der Waals surface area contributed by atoms with Crippen molar-refractivity contribution in [1.29, 1.82) is 0 Å². The molecule has 2 aromatic rings. The number of aromatic nitrogens is 2. The molecule has 2 rings (SSSR count). The number of halogens is 3. The molecule has 0 saturated heterocycles. The molecule has 0 radical (unpaired) electrons. The summed E-state index contributed by atoms with van der Waals surface area (Å²) in [6, 6.07) is 5.51. The highest BCUT2D eigenvalue weighted by Crippen LogP contribution is 2.31. The molecule has 0 aliphatic rings. The maximum Gasteiger partial charge on any atom is 0.452 e. The highest BCUT2D eigenvalue weighted by molar-refractivity contribution is 7.07. The lowest BCUT2D eigenvalue weighted by atomic mass is 10.3. The molecule has 0 atom stereocenters. The fourth-order valence-corrected chi connectivity index (χ4v) is 1.55. The van der Waals surface area contributed by atoms with E-state index in [2.05, 4.69) is 9.36 Å². The molecular formula is C9H5F3N2O2S. The summed E-state index contributed by atoms with van der Waals surface area (Å²) in [6.07, 6.45) is -4.58. The Balaban J connectivity index is 2.14. The molecule has 0 unspecified atom stereocenters. The SMILES string of the molecule is Oc1ccc(Oc2nc(C(F)(F)F)ns2)cc1. The number of benzene rings is 1. The van der Waals surface area contributed by atoms with Gasteiger partial charge in [0.2, 0.25) is 0 Å². The number of aromatic hydroxyl groups is 1. The second-order valence-electron chi connectivity index (χ2n) is 2.98. The molecule has 1 aromatic heterocycles. The monoisotopic (exact) mass is 262 g/mol. The number of hydrogen-bond donors (Lipinski definition) is 1. The van der Waals surface area contributed by atoms with Gasteiger partial charge in [0.05, 0.1) is 0 Å². The Hall–Kier alpha value is -1.83. The lowest BCUT2D eigenvalue weighted by molar-refractivity contribution is -0.144. The van der Waals surface area contributed by atoms with Gasteiger partial charge in [0.15, 0.2) is 0 Å². The minimum absolute atomic E-state index is 0.0330. The molecule has 0 amide bonds. The molecule has 0 spiro atoms. The van der Waals surface area contributed by atoms with Crippen molar-refractivity contribution in [1.82, 2.24) is 9.36 Å². The Bertz CT molecular complexity index is 510. The Morgan fingerprint density at radius 1 is 1.18 bits per heavy atom. The number of phenols is 1. The average Bonchev–Trinajstić information content (AvgIpc) is 2.69. The van der Waals surface area contributed by atoms with Gasteiger partial charge in [-0.1, -0.05) is 0 Å². The molecule has 1 heterocycles. The van der Waals surface area contributed by atoms with E-state index in [1.807, 2.05) is 0 Å². The summed E-state index contributed by atoms with van der Waals surface area (Å²) in [5.41, 5.74) is 0. The van der Waals surface area contributed by atoms with Crippen LogP contribution in [0.15, 0.2) is 24.3 Å². The van der Waals surface area contributed by atoms with E-state index in [1.54, 1.807) is 0 Å². The van der Waals surface area contributed by atoms with Gasteiger partial charge < -0.3 is 9.84 Å². The molecule has 1 aromatic carbocycles. The number of alkyl halides is 3. The normalized spacial score (nSPS) is 11.5. The van der Waals surface area contributed by atoms with E-state index in [1.165, 1.54) is 24.3 Å². The molecular weight excluding hydrogens is 257 g/mol. The molecule has 0 aliphatic carbocycles. The quantitative estimate of drug-likeness (QED) is 0.903. The van der Waals surface area contributed by atoms with Crippen molar-refractivity contribution in [2.24, 2.45) is 0 Å². The van der Waals surface area contributed by atoms with Crippen molar-refractivity contribution in [2.45, 2.75) is 6.18 Å². The number of phenolic OH excluding ortho intramolecular Hbond substituents is 1. The fraction of sp³-hybridized carbons (Fsp3) is 0.111. The van der Waals surface area contributed by atoms with E-state index in [4.69, 9.17) is 9.84 Å². The van der Waals surface area contributed by atoms with E-state index in [0.29, 0.717) is 11.5 Å². The van der Waals surface area contributed by atoms with Gasteiger partial charge in [-0.05, 0) is 24.3 Å². The Morgan fingerprint density at radius 2 is 1.82 bits per heavy atom. The molecule has 0 bridgehead atoms. The zero-order chi connectivity index (χ0) is 12.5. The Kier molecular flexibility index (Phi) is 2.88. The van der Waals surface area contributed by atoms with Gasteiger partial charge in [-0.15, -0.1) is 0 Å². The minimum Gasteiger partial charge on any atom is -0.508 e. The number of hydrogen-bond acceptors (Lipinski definition) is 5. The molecule has 0 fully saturated rings. The Morgan fingerprint density at radius 3 is 2.35 bits per heavy atom. The molecule has 17 heavy (non-hydrogen) atoms. The lowest BCUT2D eigenvalue weighted by Crippen LogP contribution is -2.06. The third-order valence-electron chi connectivity index (χ3n) is 1.70. The molecule has 0 aliphatic heterocycles. The molecule has 1 N–H and O–H groups in total. The first-order valence-electron chi connectivity index (χ1n) is 4.33. The summed E-state index contributed by atoms with van der Waals surface area (Å²) in [4.78, 5) is 3.20. The van der Waals surface area contributed by atoms with Crippen LogP contribution >= 0.6 is 11.5 Å². The maximum absolute atomic E-state index is 12.2. The first-order valence-corrected chi connectivity index (χ1v) is 5.10. The molecule has 8 heteroatoms. The van der Waals surface area contributed by atoms with Crippen LogP contribution in [0, 0.1) is 0 Å². The van der Waals surface area contributed by atoms with Crippen LogP contribution in [0.25, 0.3) is 0 Å². The minimum atomic E-state index is -4.58. The standard InChI is InChI=1S/C9H5F3N2O2S/c10-9(11,12)7-13-8(17-14-7)16-6-3-1-5(15)2-4-6/h1-4,15H. The summed E-state index contributed by atoms with van der Waals surface area (Å²) in [6.45, 7) is 0. The van der Waals surface area contributed by atoms with Crippen molar-refractivity contribution in [3.8, 4) is 16.7 Å². The van der Waals surface area contributed by atoms with Crippen LogP contribution in [-0.2, 0) is 6.18 Å². The van der Waals surface area contributed by atoms with E-state index in [0.717, 1.165) is 0 Å². The van der Waals surface area contributed by atoms with Crippen molar-refractivity contribution in [3.05, 3.63) is 30.1 Å². The van der Waals surface area contributed by atoms with E-state index in [9.17, 15) is 13.2 Å². The summed E-state index contributed by atoms with van der Waals surface area (Å²) in [7, 11) is 0. The first kappa shape index (κ1) is 11.6. The van der Waals surface area contributed by atoms with Crippen molar-refractivity contribution >= 4 is 11.5 Å². The summed E-state index contributed by atoms with van der Waals surface area (Å²) in [5, 5.41) is 8.80. The number of rotatable bonds is 2. The van der Waals surface area contributed by atoms with Gasteiger partial charge in [-0.25, -0.2) is 0 Å². The Labute approximate surface area is 97.5 Å². The first-order chi connectivity index (χ1) is 7.95. The highest BCUT2D eigenvalue weighted by Gasteiger charge is 2.36. The van der Waals surface area contributed by atoms with Crippen LogP contribution in [0.5, 0.6) is 16.7 Å². The molecule has 0 saturated carbocycles. The predicted octanol–water partition coefficient (Wildman–Crippen LogP) is 3.05. The third-order valence-corrected chi connectivity index (χ3v) is 2.30. The molecule has 90 valence electrons. The number of nitrogens with zero attached hydrogens (tertiary/aromatic N) is 2. The van der Waals surface area contributed by atoms with E-state index >= 15 is 0 Å². The van der Waals surface area contributed by atoms with Crippen molar-refractivity contribution < 1.29 is 23.0 Å². The van der Waals surface area contributed by atoms with E-state index < -0.39 is 12.0 Å². The smallest absolute Gasteiger partial charge is 0.452 e. The van der Waals surface area contributed by atoms with Crippen LogP contribution in [-0.4, -0.2) is 14.5 Å². The van der Waals surface area contributed by atoms with Crippen LogP contribution in [0.2, 0.25) is 0 Å². The third kappa shape index (κ3) is 2.84. The fourth-order valence-electron chi connectivity index (χ4n) is 0.981. The van der Waals surface area contributed by atoms with Crippen LogP contribution in [0.3, 0.4) is 0 Å². The van der Waals surface area contributed by atoms with Gasteiger partial charge >= 0.3 is 6.18 Å². The lowest BCUT2D eigenvalue weighted by Gasteiger charge is -2.00. The van der Waals surface area contributed by atoms with Gasteiger partial charge in [-0.3, -0.25) is 0 Å². The largest absolute Gasteiger partial charge is 0.508 e. The summed E-state index contributed by atoms with van der Waals surface area (Å²) < 4.78 is 44.7. The average molecular weight is 262 g/mol. The summed E-state index contributed by atoms with van der Waals surface area (Å²) >= 11 is 0.510.